The lowest BCUT2D eigenvalue weighted by molar-refractivity contribution is 0.0684. The molecule has 2 aromatic rings. The number of benzene rings is 1. The summed E-state index contributed by atoms with van der Waals surface area (Å²) in [6.45, 7) is 0. The molecule has 0 atom stereocenters. The fourth-order valence-electron chi connectivity index (χ4n) is 3.90. The molecule has 7 nitrogen and oxygen atoms in total. The lowest BCUT2D eigenvalue weighted by atomic mass is 9.96. The highest BCUT2D eigenvalue weighted by molar-refractivity contribution is 7.99. The standard InChI is InChI=1S/C21H23N3O4S2/c1-23(15-7-3-2-4-8-15)30(27,28)16-11-12-19(22-13-16)29-14-24-20(25)17-9-5-6-10-18(17)21(24)26/h5-6,9-13,15H,2-4,7-8,14H2,1H3. The Balaban J connectivity index is 1.42. The minimum Gasteiger partial charge on any atom is -0.269 e. The van der Waals surface area contributed by atoms with Crippen molar-refractivity contribution in [3.8, 4) is 0 Å². The number of hydrogen-bond acceptors (Lipinski definition) is 6. The highest BCUT2D eigenvalue weighted by Crippen LogP contribution is 2.28. The van der Waals surface area contributed by atoms with Crippen molar-refractivity contribution >= 4 is 33.6 Å². The summed E-state index contributed by atoms with van der Waals surface area (Å²) in [5.41, 5.74) is 0.812. The second-order valence-corrected chi connectivity index (χ2v) is 10.5. The number of pyridine rings is 1. The predicted octanol–water partition coefficient (Wildman–Crippen LogP) is 3.38. The Morgan fingerprint density at radius 2 is 1.67 bits per heavy atom. The van der Waals surface area contributed by atoms with Gasteiger partial charge in [0.2, 0.25) is 10.0 Å². The van der Waals surface area contributed by atoms with Crippen molar-refractivity contribution in [2.24, 2.45) is 0 Å². The number of amides is 2. The van der Waals surface area contributed by atoms with E-state index in [-0.39, 0.29) is 28.6 Å². The van der Waals surface area contributed by atoms with E-state index < -0.39 is 10.0 Å². The van der Waals surface area contributed by atoms with Crippen molar-refractivity contribution in [2.75, 3.05) is 12.9 Å². The monoisotopic (exact) mass is 445 g/mol. The van der Waals surface area contributed by atoms with Crippen LogP contribution < -0.4 is 0 Å². The van der Waals surface area contributed by atoms with Crippen LogP contribution in [0.3, 0.4) is 0 Å². The first-order chi connectivity index (χ1) is 14.4. The van der Waals surface area contributed by atoms with Crippen LogP contribution in [0.15, 0.2) is 52.5 Å². The van der Waals surface area contributed by atoms with Crippen LogP contribution in [0.4, 0.5) is 0 Å². The van der Waals surface area contributed by atoms with Gasteiger partial charge in [-0.3, -0.25) is 14.5 Å². The van der Waals surface area contributed by atoms with Crippen LogP contribution in [0.5, 0.6) is 0 Å². The molecule has 1 aliphatic heterocycles. The van der Waals surface area contributed by atoms with E-state index in [1.807, 2.05) is 0 Å². The van der Waals surface area contributed by atoms with Crippen LogP contribution in [-0.2, 0) is 10.0 Å². The summed E-state index contributed by atoms with van der Waals surface area (Å²) in [6.07, 6.45) is 6.38. The molecule has 0 unspecified atom stereocenters. The SMILES string of the molecule is CN(C1CCCCC1)S(=O)(=O)c1ccc(SCN2C(=O)c3ccccc3C2=O)nc1. The van der Waals surface area contributed by atoms with E-state index in [1.165, 1.54) is 33.2 Å². The first kappa shape index (κ1) is 21.0. The number of hydrogen-bond donors (Lipinski definition) is 0. The molecular formula is C21H23N3O4S2. The fraction of sp³-hybridized carbons (Fsp3) is 0.381. The van der Waals surface area contributed by atoms with Crippen molar-refractivity contribution < 1.29 is 18.0 Å². The Morgan fingerprint density at radius 3 is 2.23 bits per heavy atom. The van der Waals surface area contributed by atoms with Gasteiger partial charge in [0.25, 0.3) is 11.8 Å². The lowest BCUT2D eigenvalue weighted by Gasteiger charge is -2.30. The number of fused-ring (bicyclic) bond motifs is 1. The first-order valence-electron chi connectivity index (χ1n) is 9.91. The third-order valence-electron chi connectivity index (χ3n) is 5.69. The van der Waals surface area contributed by atoms with Gasteiger partial charge in [0.1, 0.15) is 4.90 Å². The van der Waals surface area contributed by atoms with Crippen LogP contribution in [0.25, 0.3) is 0 Å². The molecule has 1 aromatic carbocycles. The smallest absolute Gasteiger partial charge is 0.262 e. The number of carbonyl (C=O) groups is 2. The Labute approximate surface area is 180 Å². The number of aromatic nitrogens is 1. The highest BCUT2D eigenvalue weighted by atomic mass is 32.2. The second kappa shape index (κ2) is 8.49. The maximum absolute atomic E-state index is 12.9. The van der Waals surface area contributed by atoms with Crippen LogP contribution in [0.1, 0.15) is 52.8 Å². The van der Waals surface area contributed by atoms with Gasteiger partial charge in [-0.2, -0.15) is 4.31 Å². The van der Waals surface area contributed by atoms with Gasteiger partial charge in [-0.1, -0.05) is 43.2 Å². The van der Waals surface area contributed by atoms with E-state index in [4.69, 9.17) is 0 Å². The molecular weight excluding hydrogens is 422 g/mol. The van der Waals surface area contributed by atoms with Crippen molar-refractivity contribution in [3.63, 3.8) is 0 Å². The van der Waals surface area contributed by atoms with Gasteiger partial charge in [-0.15, -0.1) is 0 Å². The second-order valence-electron chi connectivity index (χ2n) is 7.50. The molecule has 2 heterocycles. The molecule has 1 saturated carbocycles. The van der Waals surface area contributed by atoms with Crippen molar-refractivity contribution in [1.82, 2.24) is 14.2 Å². The van der Waals surface area contributed by atoms with Crippen LogP contribution in [-0.4, -0.2) is 53.4 Å². The van der Waals surface area contributed by atoms with E-state index in [2.05, 4.69) is 4.98 Å². The zero-order valence-electron chi connectivity index (χ0n) is 16.7. The summed E-state index contributed by atoms with van der Waals surface area (Å²) < 4.78 is 27.3. The van der Waals surface area contributed by atoms with Gasteiger partial charge in [0.05, 0.1) is 22.0 Å². The molecule has 158 valence electrons. The summed E-state index contributed by atoms with van der Waals surface area (Å²) in [4.78, 5) is 30.4. The Hall–Kier alpha value is -2.23. The molecule has 2 amide bonds. The Bertz CT molecular complexity index is 1030. The van der Waals surface area contributed by atoms with E-state index in [0.29, 0.717) is 16.2 Å². The van der Waals surface area contributed by atoms with Crippen molar-refractivity contribution in [3.05, 3.63) is 53.7 Å². The zero-order chi connectivity index (χ0) is 21.3. The summed E-state index contributed by atoms with van der Waals surface area (Å²) in [5, 5.41) is 0.547. The maximum atomic E-state index is 12.9. The van der Waals surface area contributed by atoms with Crippen LogP contribution in [0, 0.1) is 0 Å². The third-order valence-corrected chi connectivity index (χ3v) is 8.51. The molecule has 4 rings (SSSR count). The van der Waals surface area contributed by atoms with Crippen molar-refractivity contribution in [2.45, 2.75) is 48.1 Å². The molecule has 0 saturated heterocycles. The minimum absolute atomic E-state index is 0.0339. The molecule has 9 heteroatoms. The predicted molar refractivity (Wildman–Crippen MR) is 114 cm³/mol. The van der Waals surface area contributed by atoms with Crippen molar-refractivity contribution in [1.29, 1.82) is 0 Å². The number of sulfonamides is 1. The number of thioether (sulfide) groups is 1. The molecule has 0 N–H and O–H groups in total. The van der Waals surface area contributed by atoms with E-state index >= 15 is 0 Å². The summed E-state index contributed by atoms with van der Waals surface area (Å²) >= 11 is 1.22. The average molecular weight is 446 g/mol. The van der Waals surface area contributed by atoms with Gasteiger partial charge in [0.15, 0.2) is 0 Å². The molecule has 0 radical (unpaired) electrons. The summed E-state index contributed by atoms with van der Waals surface area (Å²) in [5.74, 6) is -0.527. The number of carbonyl (C=O) groups excluding carboxylic acids is 2. The number of rotatable bonds is 6. The highest BCUT2D eigenvalue weighted by Gasteiger charge is 2.35. The fourth-order valence-corrected chi connectivity index (χ4v) is 6.05. The van der Waals surface area contributed by atoms with Gasteiger partial charge >= 0.3 is 0 Å². The zero-order valence-corrected chi connectivity index (χ0v) is 18.3. The summed E-state index contributed by atoms with van der Waals surface area (Å²) in [6, 6.07) is 9.92. The molecule has 30 heavy (non-hydrogen) atoms. The Morgan fingerprint density at radius 1 is 1.03 bits per heavy atom. The first-order valence-corrected chi connectivity index (χ1v) is 12.3. The molecule has 2 aliphatic rings. The number of nitrogens with zero attached hydrogens (tertiary/aromatic N) is 3. The maximum Gasteiger partial charge on any atom is 0.262 e. The molecule has 1 fully saturated rings. The topological polar surface area (TPSA) is 87.7 Å². The normalized spacial score (nSPS) is 17.6. The molecule has 1 aliphatic carbocycles. The number of imide groups is 1. The van der Waals surface area contributed by atoms with Gasteiger partial charge < -0.3 is 0 Å². The van der Waals surface area contributed by atoms with E-state index in [9.17, 15) is 18.0 Å². The van der Waals surface area contributed by atoms with E-state index in [0.717, 1.165) is 32.1 Å². The lowest BCUT2D eigenvalue weighted by Crippen LogP contribution is -2.38. The largest absolute Gasteiger partial charge is 0.269 e. The van der Waals surface area contributed by atoms with Crippen LogP contribution in [0.2, 0.25) is 0 Å². The molecule has 1 aromatic heterocycles. The van der Waals surface area contributed by atoms with Gasteiger partial charge in [-0.05, 0) is 37.1 Å². The van der Waals surface area contributed by atoms with E-state index in [1.54, 1.807) is 37.4 Å². The molecule has 0 bridgehead atoms. The molecule has 0 spiro atoms. The third kappa shape index (κ3) is 3.89. The summed E-state index contributed by atoms with van der Waals surface area (Å²) in [7, 11) is -1.96. The minimum atomic E-state index is -3.60. The quantitative estimate of drug-likeness (QED) is 0.500. The Kier molecular flexibility index (Phi) is 5.95. The average Bonchev–Trinajstić information content (AvgIpc) is 3.02. The van der Waals surface area contributed by atoms with Gasteiger partial charge in [-0.25, -0.2) is 13.4 Å². The van der Waals surface area contributed by atoms with Gasteiger partial charge in [0, 0.05) is 19.3 Å². The van der Waals surface area contributed by atoms with Crippen LogP contribution >= 0.6 is 11.8 Å².